The lowest BCUT2D eigenvalue weighted by molar-refractivity contribution is 0.0650. The van der Waals surface area contributed by atoms with Crippen LogP contribution >= 0.6 is 0 Å². The number of piperidine rings is 1. The van der Waals surface area contributed by atoms with Crippen LogP contribution in [-0.4, -0.2) is 42.8 Å². The first kappa shape index (κ1) is 14.1. The second kappa shape index (κ2) is 6.21. The van der Waals surface area contributed by atoms with Crippen LogP contribution in [0.2, 0.25) is 0 Å². The van der Waals surface area contributed by atoms with Crippen LogP contribution < -0.4 is 0 Å². The van der Waals surface area contributed by atoms with Crippen LogP contribution in [0.3, 0.4) is 0 Å². The lowest BCUT2D eigenvalue weighted by Crippen LogP contribution is -2.36. The van der Waals surface area contributed by atoms with E-state index in [1.54, 1.807) is 14.0 Å². The van der Waals surface area contributed by atoms with E-state index >= 15 is 0 Å². The highest BCUT2D eigenvalue weighted by molar-refractivity contribution is 5.86. The Kier molecular flexibility index (Phi) is 4.61. The molecule has 2 rings (SSSR count). The molecule has 1 saturated heterocycles. The lowest BCUT2D eigenvalue weighted by atomic mass is 9.99. The molecule has 1 unspecified atom stereocenters. The molecule has 106 valence electrons. The summed E-state index contributed by atoms with van der Waals surface area (Å²) < 4.78 is 10.6. The lowest BCUT2D eigenvalue weighted by Gasteiger charge is -2.31. The Balaban J connectivity index is 1.97. The Labute approximate surface area is 113 Å². The first-order valence-corrected chi connectivity index (χ1v) is 6.64. The Hall–Kier alpha value is -1.33. The van der Waals surface area contributed by atoms with E-state index in [1.807, 2.05) is 6.07 Å². The Morgan fingerprint density at radius 3 is 3.05 bits per heavy atom. The fourth-order valence-electron chi connectivity index (χ4n) is 2.73. The van der Waals surface area contributed by atoms with Crippen molar-refractivity contribution in [3.63, 3.8) is 0 Å². The van der Waals surface area contributed by atoms with Crippen molar-refractivity contribution in [2.45, 2.75) is 26.3 Å². The van der Waals surface area contributed by atoms with Crippen LogP contribution in [0.5, 0.6) is 0 Å². The van der Waals surface area contributed by atoms with Crippen LogP contribution in [0.25, 0.3) is 0 Å². The molecule has 5 heteroatoms. The largest absolute Gasteiger partial charge is 0.475 e. The van der Waals surface area contributed by atoms with Gasteiger partial charge in [-0.05, 0) is 38.3 Å². The van der Waals surface area contributed by atoms with Gasteiger partial charge in [0.15, 0.2) is 0 Å². The molecule has 1 atom stereocenters. The standard InChI is InChI=1S/C14H21NO4/c1-10-6-12(19-13(10)14(16)17)8-15-5-3-4-11(7-15)9-18-2/h6,11H,3-5,7-9H2,1-2H3,(H,16,17). The second-order valence-electron chi connectivity index (χ2n) is 5.23. The molecule has 0 saturated carbocycles. The van der Waals surface area contributed by atoms with E-state index in [4.69, 9.17) is 14.3 Å². The first-order chi connectivity index (χ1) is 9.10. The third-order valence-electron chi connectivity index (χ3n) is 3.55. The van der Waals surface area contributed by atoms with Crippen LogP contribution in [0.1, 0.15) is 34.7 Å². The van der Waals surface area contributed by atoms with Gasteiger partial charge in [0.05, 0.1) is 13.2 Å². The van der Waals surface area contributed by atoms with Crippen molar-refractivity contribution >= 4 is 5.97 Å². The number of hydrogen-bond acceptors (Lipinski definition) is 4. The average Bonchev–Trinajstić information content (AvgIpc) is 2.71. The van der Waals surface area contributed by atoms with Gasteiger partial charge >= 0.3 is 5.97 Å². The fourth-order valence-corrected chi connectivity index (χ4v) is 2.73. The van der Waals surface area contributed by atoms with Gasteiger partial charge in [-0.1, -0.05) is 0 Å². The molecule has 19 heavy (non-hydrogen) atoms. The van der Waals surface area contributed by atoms with Crippen molar-refractivity contribution in [1.82, 2.24) is 4.90 Å². The summed E-state index contributed by atoms with van der Waals surface area (Å²) in [5.41, 5.74) is 0.688. The molecule has 1 aromatic rings. The van der Waals surface area contributed by atoms with E-state index in [0.29, 0.717) is 18.0 Å². The molecule has 0 radical (unpaired) electrons. The molecule has 1 aromatic heterocycles. The fraction of sp³-hybridized carbons (Fsp3) is 0.643. The first-order valence-electron chi connectivity index (χ1n) is 6.64. The van der Waals surface area contributed by atoms with Crippen molar-refractivity contribution in [3.05, 3.63) is 23.2 Å². The Bertz CT molecular complexity index is 439. The van der Waals surface area contributed by atoms with E-state index in [2.05, 4.69) is 4.90 Å². The minimum Gasteiger partial charge on any atom is -0.475 e. The van der Waals surface area contributed by atoms with Gasteiger partial charge < -0.3 is 14.3 Å². The molecule has 1 aliphatic heterocycles. The number of furan rings is 1. The van der Waals surface area contributed by atoms with Crippen molar-refractivity contribution < 1.29 is 19.1 Å². The zero-order valence-electron chi connectivity index (χ0n) is 11.5. The maximum absolute atomic E-state index is 10.9. The number of aryl methyl sites for hydroxylation is 1. The maximum Gasteiger partial charge on any atom is 0.372 e. The highest BCUT2D eigenvalue weighted by Crippen LogP contribution is 2.21. The van der Waals surface area contributed by atoms with Crippen molar-refractivity contribution in [2.75, 3.05) is 26.8 Å². The molecule has 0 bridgehead atoms. The number of methoxy groups -OCH3 is 1. The summed E-state index contributed by atoms with van der Waals surface area (Å²) >= 11 is 0. The summed E-state index contributed by atoms with van der Waals surface area (Å²) in [6, 6.07) is 1.82. The third-order valence-corrected chi connectivity index (χ3v) is 3.55. The number of aromatic carboxylic acids is 1. The zero-order valence-corrected chi connectivity index (χ0v) is 11.5. The summed E-state index contributed by atoms with van der Waals surface area (Å²) in [6.07, 6.45) is 2.35. The number of nitrogens with zero attached hydrogens (tertiary/aromatic N) is 1. The summed E-state index contributed by atoms with van der Waals surface area (Å²) in [4.78, 5) is 13.2. The molecular weight excluding hydrogens is 246 g/mol. The van der Waals surface area contributed by atoms with Crippen LogP contribution in [-0.2, 0) is 11.3 Å². The molecule has 0 amide bonds. The van der Waals surface area contributed by atoms with E-state index in [-0.39, 0.29) is 5.76 Å². The monoisotopic (exact) mass is 267 g/mol. The van der Waals surface area contributed by atoms with Crippen molar-refractivity contribution in [3.8, 4) is 0 Å². The topological polar surface area (TPSA) is 62.9 Å². The maximum atomic E-state index is 10.9. The summed E-state index contributed by atoms with van der Waals surface area (Å²) in [6.45, 7) is 5.24. The molecule has 1 aliphatic rings. The van der Waals surface area contributed by atoms with E-state index in [1.165, 1.54) is 6.42 Å². The van der Waals surface area contributed by atoms with Gasteiger partial charge in [-0.25, -0.2) is 4.79 Å². The van der Waals surface area contributed by atoms with Gasteiger partial charge in [-0.3, -0.25) is 4.90 Å². The van der Waals surface area contributed by atoms with Crippen LogP contribution in [0.15, 0.2) is 10.5 Å². The zero-order chi connectivity index (χ0) is 13.8. The summed E-state index contributed by atoms with van der Waals surface area (Å²) in [5, 5.41) is 8.97. The number of carboxylic acids is 1. The molecule has 0 aromatic carbocycles. The average molecular weight is 267 g/mol. The number of likely N-dealkylation sites (tertiary alicyclic amines) is 1. The van der Waals surface area contributed by atoms with Gasteiger partial charge in [-0.15, -0.1) is 0 Å². The third kappa shape index (κ3) is 3.58. The van der Waals surface area contributed by atoms with Crippen molar-refractivity contribution in [1.29, 1.82) is 0 Å². The number of carbonyl (C=O) groups is 1. The molecule has 0 aliphatic carbocycles. The van der Waals surface area contributed by atoms with E-state index < -0.39 is 5.97 Å². The summed E-state index contributed by atoms with van der Waals surface area (Å²) in [7, 11) is 1.73. The molecule has 2 heterocycles. The second-order valence-corrected chi connectivity index (χ2v) is 5.23. The number of rotatable bonds is 5. The molecule has 1 N–H and O–H groups in total. The SMILES string of the molecule is COCC1CCCN(Cc2cc(C)c(C(=O)O)o2)C1. The molecule has 0 spiro atoms. The van der Waals surface area contributed by atoms with Crippen LogP contribution in [0, 0.1) is 12.8 Å². The number of carboxylic acid groups (broad SMARTS) is 1. The highest BCUT2D eigenvalue weighted by atomic mass is 16.5. The van der Waals surface area contributed by atoms with E-state index in [9.17, 15) is 4.79 Å². The molecule has 1 fully saturated rings. The van der Waals surface area contributed by atoms with Crippen molar-refractivity contribution in [2.24, 2.45) is 5.92 Å². The highest BCUT2D eigenvalue weighted by Gasteiger charge is 2.22. The normalized spacial score (nSPS) is 20.6. The van der Waals surface area contributed by atoms with Gasteiger partial charge in [-0.2, -0.15) is 0 Å². The minimum atomic E-state index is -1.00. The van der Waals surface area contributed by atoms with Gasteiger partial charge in [0.2, 0.25) is 5.76 Å². The van der Waals surface area contributed by atoms with Gasteiger partial charge in [0.25, 0.3) is 0 Å². The van der Waals surface area contributed by atoms with E-state index in [0.717, 1.165) is 31.9 Å². The number of ether oxygens (including phenoxy) is 1. The summed E-state index contributed by atoms with van der Waals surface area (Å²) in [5.74, 6) is 0.349. The quantitative estimate of drug-likeness (QED) is 0.885. The Morgan fingerprint density at radius 2 is 2.42 bits per heavy atom. The minimum absolute atomic E-state index is 0.0560. The number of hydrogen-bond donors (Lipinski definition) is 1. The molecule has 5 nitrogen and oxygen atoms in total. The molecular formula is C14H21NO4. The predicted molar refractivity (Wildman–Crippen MR) is 70.3 cm³/mol. The van der Waals surface area contributed by atoms with Gasteiger partial charge in [0, 0.05) is 19.2 Å². The Morgan fingerprint density at radius 1 is 1.63 bits per heavy atom. The smallest absolute Gasteiger partial charge is 0.372 e. The predicted octanol–water partition coefficient (Wildman–Crippen LogP) is 2.14. The van der Waals surface area contributed by atoms with Crippen LogP contribution in [0.4, 0.5) is 0 Å². The van der Waals surface area contributed by atoms with Gasteiger partial charge in [0.1, 0.15) is 5.76 Å².